The zero-order valence-electron chi connectivity index (χ0n) is 20.8. The van der Waals surface area contributed by atoms with Crippen molar-refractivity contribution in [3.8, 4) is 11.5 Å². The van der Waals surface area contributed by atoms with Crippen LogP contribution in [0.25, 0.3) is 6.08 Å². The highest BCUT2D eigenvalue weighted by Gasteiger charge is 2.18. The van der Waals surface area contributed by atoms with Crippen molar-refractivity contribution in [1.29, 1.82) is 0 Å². The van der Waals surface area contributed by atoms with Crippen LogP contribution in [-0.2, 0) is 18.4 Å². The zero-order chi connectivity index (χ0) is 25.4. The van der Waals surface area contributed by atoms with Crippen LogP contribution in [0.4, 0.5) is 5.69 Å². The second-order valence-corrected chi connectivity index (χ2v) is 8.63. The van der Waals surface area contributed by atoms with Crippen molar-refractivity contribution < 1.29 is 19.1 Å². The lowest BCUT2D eigenvalue weighted by molar-refractivity contribution is -0.111. The Morgan fingerprint density at radius 2 is 1.89 bits per heavy atom. The molecule has 0 radical (unpaired) electrons. The van der Waals surface area contributed by atoms with Crippen LogP contribution >= 0.6 is 0 Å². The highest BCUT2D eigenvalue weighted by molar-refractivity contribution is 6.06. The SMILES string of the molecule is COc1ccc(/C=C/C(=O)Nc2cnn(C)c2C(=O)NCC(C)C)cc1COc1ccc(C)cc1. The summed E-state index contributed by atoms with van der Waals surface area (Å²) < 4.78 is 12.8. The van der Waals surface area contributed by atoms with Gasteiger partial charge in [0.1, 0.15) is 23.8 Å². The molecule has 8 nitrogen and oxygen atoms in total. The molecular weight excluding hydrogens is 444 g/mol. The lowest BCUT2D eigenvalue weighted by Crippen LogP contribution is -2.30. The summed E-state index contributed by atoms with van der Waals surface area (Å²) >= 11 is 0. The number of hydrogen-bond acceptors (Lipinski definition) is 5. The van der Waals surface area contributed by atoms with Gasteiger partial charge in [-0.2, -0.15) is 5.10 Å². The second-order valence-electron chi connectivity index (χ2n) is 8.63. The van der Waals surface area contributed by atoms with Crippen molar-refractivity contribution in [3.05, 3.63) is 77.1 Å². The Kier molecular flexibility index (Phi) is 8.67. The number of ether oxygens (including phenoxy) is 2. The van der Waals surface area contributed by atoms with Gasteiger partial charge < -0.3 is 20.1 Å². The number of rotatable bonds is 10. The summed E-state index contributed by atoms with van der Waals surface area (Å²) in [4.78, 5) is 25.1. The summed E-state index contributed by atoms with van der Waals surface area (Å²) in [5, 5.41) is 9.69. The molecule has 1 aromatic heterocycles. The average Bonchev–Trinajstić information content (AvgIpc) is 3.20. The molecule has 0 saturated heterocycles. The molecule has 0 spiro atoms. The Labute approximate surface area is 205 Å². The average molecular weight is 477 g/mol. The molecule has 0 bridgehead atoms. The van der Waals surface area contributed by atoms with Gasteiger partial charge in [-0.25, -0.2) is 0 Å². The number of nitrogens with zero attached hydrogens (tertiary/aromatic N) is 2. The monoisotopic (exact) mass is 476 g/mol. The van der Waals surface area contributed by atoms with Crippen LogP contribution in [0, 0.1) is 12.8 Å². The first-order valence-corrected chi connectivity index (χ1v) is 11.4. The number of carbonyl (C=O) groups is 2. The third-order valence-corrected chi connectivity index (χ3v) is 5.23. The quantitative estimate of drug-likeness (QED) is 0.424. The summed E-state index contributed by atoms with van der Waals surface area (Å²) in [5.41, 5.74) is 3.48. The van der Waals surface area contributed by atoms with Crippen molar-refractivity contribution in [2.75, 3.05) is 19.0 Å². The number of nitrogens with one attached hydrogen (secondary N) is 2. The van der Waals surface area contributed by atoms with Crippen LogP contribution in [-0.4, -0.2) is 35.2 Å². The first kappa shape index (κ1) is 25.6. The topological polar surface area (TPSA) is 94.5 Å². The lowest BCUT2D eigenvalue weighted by Gasteiger charge is -2.11. The smallest absolute Gasteiger partial charge is 0.271 e. The molecule has 2 amide bonds. The standard InChI is InChI=1S/C27H32N4O4/c1-18(2)15-28-27(33)26-23(16-29-31(26)4)30-25(32)13-9-20-8-12-24(34-5)21(14-20)17-35-22-10-6-19(3)7-11-22/h6-14,16,18H,15,17H2,1-5H3,(H,28,33)(H,30,32)/b13-9+. The summed E-state index contributed by atoms with van der Waals surface area (Å²) in [7, 11) is 3.27. The number of benzene rings is 2. The normalized spacial score (nSPS) is 11.0. The van der Waals surface area contributed by atoms with E-state index in [1.807, 2.05) is 63.2 Å². The first-order chi connectivity index (χ1) is 16.8. The molecule has 0 aliphatic rings. The molecule has 35 heavy (non-hydrogen) atoms. The van der Waals surface area contributed by atoms with Gasteiger partial charge in [-0.3, -0.25) is 14.3 Å². The van der Waals surface area contributed by atoms with Crippen LogP contribution in [0.15, 0.2) is 54.7 Å². The molecule has 8 heteroatoms. The number of carbonyl (C=O) groups excluding carboxylic acids is 2. The maximum Gasteiger partial charge on any atom is 0.271 e. The number of aromatic nitrogens is 2. The molecule has 2 N–H and O–H groups in total. The molecule has 3 rings (SSSR count). The molecule has 0 aliphatic carbocycles. The summed E-state index contributed by atoms with van der Waals surface area (Å²) in [6.07, 6.45) is 4.57. The van der Waals surface area contributed by atoms with E-state index in [9.17, 15) is 9.59 Å². The molecular formula is C27H32N4O4. The van der Waals surface area contributed by atoms with Crippen LogP contribution in [0.2, 0.25) is 0 Å². The first-order valence-electron chi connectivity index (χ1n) is 11.4. The Balaban J connectivity index is 1.67. The second kappa shape index (κ2) is 11.9. The van der Waals surface area contributed by atoms with E-state index < -0.39 is 0 Å². The molecule has 0 aliphatic heterocycles. The van der Waals surface area contributed by atoms with Gasteiger partial charge in [0.25, 0.3) is 5.91 Å². The number of anilines is 1. The summed E-state index contributed by atoms with van der Waals surface area (Å²) in [6, 6.07) is 13.4. The molecule has 0 saturated carbocycles. The molecule has 2 aromatic carbocycles. The van der Waals surface area contributed by atoms with Gasteiger partial charge in [0.05, 0.1) is 19.0 Å². The van der Waals surface area contributed by atoms with Crippen molar-refractivity contribution in [2.24, 2.45) is 13.0 Å². The number of amides is 2. The largest absolute Gasteiger partial charge is 0.496 e. The van der Waals surface area contributed by atoms with E-state index in [4.69, 9.17) is 9.47 Å². The van der Waals surface area contributed by atoms with E-state index in [1.54, 1.807) is 20.2 Å². The van der Waals surface area contributed by atoms with Crippen LogP contribution in [0.1, 0.15) is 41.0 Å². The molecule has 0 fully saturated rings. The number of methoxy groups -OCH3 is 1. The van der Waals surface area contributed by atoms with E-state index in [-0.39, 0.29) is 11.8 Å². The van der Waals surface area contributed by atoms with Crippen molar-refractivity contribution >= 4 is 23.6 Å². The Morgan fingerprint density at radius 1 is 1.14 bits per heavy atom. The molecule has 0 unspecified atom stereocenters. The fraction of sp³-hybridized carbons (Fsp3) is 0.296. The maximum atomic E-state index is 12.6. The van der Waals surface area contributed by atoms with Crippen LogP contribution in [0.3, 0.4) is 0 Å². The zero-order valence-corrected chi connectivity index (χ0v) is 20.8. The molecule has 3 aromatic rings. The minimum atomic E-state index is -0.371. The van der Waals surface area contributed by atoms with Gasteiger partial charge in [0.15, 0.2) is 0 Å². The third-order valence-electron chi connectivity index (χ3n) is 5.23. The van der Waals surface area contributed by atoms with Crippen molar-refractivity contribution in [3.63, 3.8) is 0 Å². The van der Waals surface area contributed by atoms with Crippen LogP contribution < -0.4 is 20.1 Å². The Bertz CT molecular complexity index is 1200. The Morgan fingerprint density at radius 3 is 2.57 bits per heavy atom. The number of aryl methyl sites for hydroxylation is 2. The van der Waals surface area contributed by atoms with E-state index >= 15 is 0 Å². The Hall–Kier alpha value is -4.07. The molecule has 1 heterocycles. The van der Waals surface area contributed by atoms with Crippen molar-refractivity contribution in [2.45, 2.75) is 27.4 Å². The fourth-order valence-electron chi connectivity index (χ4n) is 3.34. The predicted molar refractivity (Wildman–Crippen MR) is 137 cm³/mol. The van der Waals surface area contributed by atoms with E-state index in [2.05, 4.69) is 15.7 Å². The van der Waals surface area contributed by atoms with Gasteiger partial charge in [-0.05, 0) is 48.7 Å². The highest BCUT2D eigenvalue weighted by Crippen LogP contribution is 2.23. The van der Waals surface area contributed by atoms with Crippen LogP contribution in [0.5, 0.6) is 11.5 Å². The van der Waals surface area contributed by atoms with Crippen molar-refractivity contribution in [1.82, 2.24) is 15.1 Å². The fourth-order valence-corrected chi connectivity index (χ4v) is 3.34. The van der Waals surface area contributed by atoms with Gasteiger partial charge >= 0.3 is 0 Å². The van der Waals surface area contributed by atoms with Gasteiger partial charge in [-0.1, -0.05) is 37.6 Å². The van der Waals surface area contributed by atoms with Gasteiger partial charge in [0, 0.05) is 25.2 Å². The number of hydrogen-bond donors (Lipinski definition) is 2. The van der Waals surface area contributed by atoms with E-state index in [0.717, 1.165) is 22.4 Å². The van der Waals surface area contributed by atoms with E-state index in [0.29, 0.717) is 36.2 Å². The van der Waals surface area contributed by atoms with Gasteiger partial charge in [0.2, 0.25) is 5.91 Å². The predicted octanol–water partition coefficient (Wildman–Crippen LogP) is 4.35. The lowest BCUT2D eigenvalue weighted by atomic mass is 10.1. The summed E-state index contributed by atoms with van der Waals surface area (Å²) in [6.45, 7) is 6.90. The highest BCUT2D eigenvalue weighted by atomic mass is 16.5. The third kappa shape index (κ3) is 7.20. The maximum absolute atomic E-state index is 12.6. The summed E-state index contributed by atoms with van der Waals surface area (Å²) in [5.74, 6) is 1.12. The minimum Gasteiger partial charge on any atom is -0.496 e. The molecule has 184 valence electrons. The minimum absolute atomic E-state index is 0.286. The van der Waals surface area contributed by atoms with E-state index in [1.165, 1.54) is 17.0 Å². The van der Waals surface area contributed by atoms with Gasteiger partial charge in [-0.15, -0.1) is 0 Å². The molecule has 0 atom stereocenters.